The van der Waals surface area contributed by atoms with E-state index >= 15 is 0 Å². The van der Waals surface area contributed by atoms with Crippen molar-refractivity contribution in [2.24, 2.45) is 11.8 Å². The van der Waals surface area contributed by atoms with E-state index in [-0.39, 0.29) is 5.92 Å². The minimum atomic E-state index is -0.602. The zero-order chi connectivity index (χ0) is 10.7. The minimum Gasteiger partial charge on any atom is -0.481 e. The van der Waals surface area contributed by atoms with Crippen LogP contribution in [0.2, 0.25) is 0 Å². The fourth-order valence-electron chi connectivity index (χ4n) is 2.49. The van der Waals surface area contributed by atoms with Crippen molar-refractivity contribution in [1.82, 2.24) is 0 Å². The van der Waals surface area contributed by atoms with Gasteiger partial charge in [-0.2, -0.15) is 11.3 Å². The van der Waals surface area contributed by atoms with Gasteiger partial charge in [-0.1, -0.05) is 12.8 Å². The number of carbonyl (C=O) groups is 1. The van der Waals surface area contributed by atoms with Gasteiger partial charge in [0.1, 0.15) is 0 Å². The highest BCUT2D eigenvalue weighted by Crippen LogP contribution is 2.33. The van der Waals surface area contributed by atoms with Crippen LogP contribution >= 0.6 is 11.3 Å². The molecule has 0 radical (unpaired) electrons. The van der Waals surface area contributed by atoms with Crippen LogP contribution in [0, 0.1) is 11.8 Å². The van der Waals surface area contributed by atoms with Crippen LogP contribution < -0.4 is 0 Å². The Morgan fingerprint density at radius 3 is 2.93 bits per heavy atom. The number of carboxylic acids is 1. The van der Waals surface area contributed by atoms with Crippen LogP contribution in [0.25, 0.3) is 0 Å². The van der Waals surface area contributed by atoms with Gasteiger partial charge in [-0.3, -0.25) is 4.79 Å². The Morgan fingerprint density at radius 1 is 1.47 bits per heavy atom. The van der Waals surface area contributed by atoms with E-state index in [0.29, 0.717) is 5.92 Å². The molecule has 0 spiro atoms. The predicted octanol–water partition coefficient (Wildman–Crippen LogP) is 3.18. The van der Waals surface area contributed by atoms with Gasteiger partial charge in [0, 0.05) is 0 Å². The maximum atomic E-state index is 11.1. The summed E-state index contributed by atoms with van der Waals surface area (Å²) in [7, 11) is 0. The van der Waals surface area contributed by atoms with Crippen LogP contribution in [0.4, 0.5) is 0 Å². The molecule has 1 saturated carbocycles. The molecule has 2 atom stereocenters. The van der Waals surface area contributed by atoms with E-state index in [4.69, 9.17) is 5.11 Å². The zero-order valence-electron chi connectivity index (χ0n) is 8.69. The Balaban J connectivity index is 2.02. The molecule has 1 aromatic rings. The molecule has 2 unspecified atom stereocenters. The maximum Gasteiger partial charge on any atom is 0.306 e. The quantitative estimate of drug-likeness (QED) is 0.856. The van der Waals surface area contributed by atoms with Crippen LogP contribution in [0.1, 0.15) is 31.2 Å². The van der Waals surface area contributed by atoms with Crippen molar-refractivity contribution >= 4 is 17.3 Å². The SMILES string of the molecule is O=C(O)C1CCCCC1Cc1ccsc1. The summed E-state index contributed by atoms with van der Waals surface area (Å²) in [5, 5.41) is 13.3. The number of thiophene rings is 1. The lowest BCUT2D eigenvalue weighted by Crippen LogP contribution is -2.28. The van der Waals surface area contributed by atoms with E-state index in [9.17, 15) is 4.79 Å². The van der Waals surface area contributed by atoms with Gasteiger partial charge in [0.25, 0.3) is 0 Å². The largest absolute Gasteiger partial charge is 0.481 e. The highest BCUT2D eigenvalue weighted by atomic mass is 32.1. The first-order chi connectivity index (χ1) is 7.27. The average molecular weight is 224 g/mol. The van der Waals surface area contributed by atoms with Gasteiger partial charge >= 0.3 is 5.97 Å². The topological polar surface area (TPSA) is 37.3 Å². The first kappa shape index (κ1) is 10.7. The summed E-state index contributed by atoms with van der Waals surface area (Å²) < 4.78 is 0. The molecular formula is C12H16O2S. The fraction of sp³-hybridized carbons (Fsp3) is 0.583. The highest BCUT2D eigenvalue weighted by molar-refractivity contribution is 7.07. The number of rotatable bonds is 3. The van der Waals surface area contributed by atoms with E-state index in [2.05, 4.69) is 16.8 Å². The molecule has 0 aliphatic heterocycles. The highest BCUT2D eigenvalue weighted by Gasteiger charge is 2.30. The van der Waals surface area contributed by atoms with E-state index in [1.807, 2.05) is 0 Å². The molecule has 15 heavy (non-hydrogen) atoms. The molecule has 0 saturated heterocycles. The Morgan fingerprint density at radius 2 is 2.27 bits per heavy atom. The standard InChI is InChI=1S/C12H16O2S/c13-12(14)11-4-2-1-3-10(11)7-9-5-6-15-8-9/h5-6,8,10-11H,1-4,7H2,(H,13,14). The zero-order valence-corrected chi connectivity index (χ0v) is 9.50. The molecule has 3 heteroatoms. The average Bonchev–Trinajstić information content (AvgIpc) is 2.71. The molecule has 1 heterocycles. The molecule has 1 aliphatic rings. The van der Waals surface area contributed by atoms with Crippen molar-refractivity contribution in [3.05, 3.63) is 22.4 Å². The van der Waals surface area contributed by atoms with Crippen LogP contribution in [-0.4, -0.2) is 11.1 Å². The molecule has 0 amide bonds. The van der Waals surface area contributed by atoms with E-state index in [1.54, 1.807) is 11.3 Å². The Hall–Kier alpha value is -0.830. The number of aliphatic carboxylic acids is 1. The lowest BCUT2D eigenvalue weighted by atomic mass is 9.76. The van der Waals surface area contributed by atoms with Gasteiger partial charge in [0.15, 0.2) is 0 Å². The van der Waals surface area contributed by atoms with E-state index in [0.717, 1.165) is 25.7 Å². The third-order valence-corrected chi connectivity index (χ3v) is 4.04. The molecule has 0 bridgehead atoms. The Bertz CT molecular complexity index is 318. The molecular weight excluding hydrogens is 208 g/mol. The van der Waals surface area contributed by atoms with E-state index < -0.39 is 5.97 Å². The maximum absolute atomic E-state index is 11.1. The summed E-state index contributed by atoms with van der Waals surface area (Å²) in [6.07, 6.45) is 5.16. The Labute approximate surface area is 93.9 Å². The third-order valence-electron chi connectivity index (χ3n) is 3.30. The van der Waals surface area contributed by atoms with Gasteiger partial charge in [0.2, 0.25) is 0 Å². The predicted molar refractivity (Wildman–Crippen MR) is 61.1 cm³/mol. The molecule has 1 fully saturated rings. The molecule has 1 aromatic heterocycles. The van der Waals surface area contributed by atoms with Gasteiger partial charge < -0.3 is 5.11 Å². The number of hydrogen-bond acceptors (Lipinski definition) is 2. The molecule has 0 aromatic carbocycles. The van der Waals surface area contributed by atoms with Crippen molar-refractivity contribution in [1.29, 1.82) is 0 Å². The second-order valence-electron chi connectivity index (χ2n) is 4.32. The summed E-state index contributed by atoms with van der Waals surface area (Å²) in [6, 6.07) is 2.11. The Kier molecular flexibility index (Phi) is 3.41. The lowest BCUT2D eigenvalue weighted by Gasteiger charge is -2.28. The minimum absolute atomic E-state index is 0.112. The molecule has 2 rings (SSSR count). The monoisotopic (exact) mass is 224 g/mol. The second kappa shape index (κ2) is 4.79. The molecule has 82 valence electrons. The summed E-state index contributed by atoms with van der Waals surface area (Å²) in [5.74, 6) is -0.362. The van der Waals surface area contributed by atoms with Crippen LogP contribution in [0.5, 0.6) is 0 Å². The smallest absolute Gasteiger partial charge is 0.306 e. The summed E-state index contributed by atoms with van der Waals surface area (Å²) in [5.41, 5.74) is 1.30. The van der Waals surface area contributed by atoms with Crippen molar-refractivity contribution in [2.45, 2.75) is 32.1 Å². The van der Waals surface area contributed by atoms with Crippen LogP contribution in [0.15, 0.2) is 16.8 Å². The third kappa shape index (κ3) is 2.59. The number of hydrogen-bond donors (Lipinski definition) is 1. The summed E-state index contributed by atoms with van der Waals surface area (Å²) in [6.45, 7) is 0. The molecule has 1 N–H and O–H groups in total. The second-order valence-corrected chi connectivity index (χ2v) is 5.11. The molecule has 1 aliphatic carbocycles. The van der Waals surface area contributed by atoms with Crippen molar-refractivity contribution < 1.29 is 9.90 Å². The van der Waals surface area contributed by atoms with Crippen molar-refractivity contribution in [3.63, 3.8) is 0 Å². The first-order valence-corrected chi connectivity index (χ1v) is 6.45. The van der Waals surface area contributed by atoms with Crippen molar-refractivity contribution in [2.75, 3.05) is 0 Å². The van der Waals surface area contributed by atoms with E-state index in [1.165, 1.54) is 12.0 Å². The van der Waals surface area contributed by atoms with Gasteiger partial charge in [-0.05, 0) is 47.6 Å². The van der Waals surface area contributed by atoms with Crippen molar-refractivity contribution in [3.8, 4) is 0 Å². The fourth-order valence-corrected chi connectivity index (χ4v) is 3.17. The summed E-state index contributed by atoms with van der Waals surface area (Å²) in [4.78, 5) is 11.1. The first-order valence-electron chi connectivity index (χ1n) is 5.51. The summed E-state index contributed by atoms with van der Waals surface area (Å²) >= 11 is 1.69. The molecule has 2 nitrogen and oxygen atoms in total. The lowest BCUT2D eigenvalue weighted by molar-refractivity contribution is -0.144. The van der Waals surface area contributed by atoms with Crippen LogP contribution in [0.3, 0.4) is 0 Å². The van der Waals surface area contributed by atoms with Gasteiger partial charge in [-0.15, -0.1) is 0 Å². The van der Waals surface area contributed by atoms with Crippen LogP contribution in [-0.2, 0) is 11.2 Å². The number of carboxylic acid groups (broad SMARTS) is 1. The van der Waals surface area contributed by atoms with Gasteiger partial charge in [-0.25, -0.2) is 0 Å². The normalized spacial score (nSPS) is 26.4. The van der Waals surface area contributed by atoms with Gasteiger partial charge in [0.05, 0.1) is 5.92 Å².